The highest BCUT2D eigenvalue weighted by molar-refractivity contribution is 5.86. The van der Waals surface area contributed by atoms with Crippen molar-refractivity contribution in [3.8, 4) is 11.1 Å². The molecule has 100 heavy (non-hydrogen) atoms. The highest BCUT2D eigenvalue weighted by atomic mass is 16.6. The fourth-order valence-corrected chi connectivity index (χ4v) is 8.77. The van der Waals surface area contributed by atoms with E-state index in [0.717, 1.165) is 22.3 Å². The molecule has 1 atom stereocenters. The van der Waals surface area contributed by atoms with E-state index in [1.54, 1.807) is 7.11 Å². The monoisotopic (exact) mass is 1440 g/mol. The van der Waals surface area contributed by atoms with Crippen LogP contribution >= 0.6 is 0 Å². The summed E-state index contributed by atoms with van der Waals surface area (Å²) >= 11 is 0. The number of aliphatic carboxylic acids is 1. The third kappa shape index (κ3) is 54.4. The van der Waals surface area contributed by atoms with Crippen LogP contribution in [-0.2, 0) is 128 Å². The largest absolute Gasteiger partial charge is 0.481 e. The Kier molecular flexibility index (Phi) is 63.3. The van der Waals surface area contributed by atoms with Crippen molar-refractivity contribution in [2.24, 2.45) is 0 Å². The van der Waals surface area contributed by atoms with E-state index in [0.29, 0.717) is 304 Å². The first kappa shape index (κ1) is 89.9. The molecule has 0 heterocycles. The van der Waals surface area contributed by atoms with Gasteiger partial charge in [0.05, 0.1) is 311 Å². The Labute approximate surface area is 591 Å². The van der Waals surface area contributed by atoms with Gasteiger partial charge in [0.25, 0.3) is 0 Å². The van der Waals surface area contributed by atoms with Crippen molar-refractivity contribution in [2.45, 2.75) is 24.8 Å². The lowest BCUT2D eigenvalue weighted by Gasteiger charge is -2.19. The Balaban J connectivity index is 0.890. The number of carbonyl (C=O) groups excluding carboxylic acids is 2. The van der Waals surface area contributed by atoms with Gasteiger partial charge in [-0.05, 0) is 28.7 Å². The van der Waals surface area contributed by atoms with Crippen molar-refractivity contribution in [1.29, 1.82) is 0 Å². The molecule has 0 radical (unpaired) electrons. The lowest BCUT2D eigenvalue weighted by molar-refractivity contribution is -0.137. The zero-order valence-corrected chi connectivity index (χ0v) is 59.2. The number of ether oxygens (including phenoxy) is 25. The summed E-state index contributed by atoms with van der Waals surface area (Å²) < 4.78 is 137. The van der Waals surface area contributed by atoms with Crippen molar-refractivity contribution in [3.05, 3.63) is 59.7 Å². The number of methoxy groups -OCH3 is 1. The van der Waals surface area contributed by atoms with Crippen LogP contribution in [0.15, 0.2) is 48.5 Å². The highest BCUT2D eigenvalue weighted by Gasteiger charge is 2.30. The Morgan fingerprint density at radius 3 is 0.780 bits per heavy atom. The molecule has 3 rings (SSSR count). The standard InChI is InChI=1S/C69H118N2O29/c1-76-14-15-78-18-19-80-22-23-82-26-27-84-30-31-86-34-35-88-38-39-90-42-43-92-46-47-94-50-51-96-54-55-98-58-59-99-57-56-97-53-52-95-49-48-93-45-44-91-41-40-89-37-36-87-33-32-85-29-28-83-25-24-81-21-20-79-17-16-77-13-12-70-68(74)66(10-11-67(72)73)71-69(75)100-60-65-63-8-4-2-6-61(63)62-7-3-5-9-64(62)65/h2-9,65-66H,10-60H2,1H3,(H,70,74)(H,71,75)(H,72,73)/t66-/m0/s1. The number of amides is 2. The SMILES string of the molecule is COCCOCCOCCOCCOCCOCCOCCOCCOCCOCCOCCOCCOCCOCCOCCOCCOCCOCCOCCOCCOCCOCCOCCOCCNC(=O)[C@H](CCC(=O)O)NC(=O)OCC1c2ccccc2-c2ccccc21. The van der Waals surface area contributed by atoms with Crippen LogP contribution in [0.3, 0.4) is 0 Å². The van der Waals surface area contributed by atoms with E-state index in [1.807, 2.05) is 48.5 Å². The number of nitrogens with one attached hydrogen (secondary N) is 2. The predicted molar refractivity (Wildman–Crippen MR) is 363 cm³/mol. The maximum atomic E-state index is 12.9. The Hall–Kier alpha value is -4.31. The van der Waals surface area contributed by atoms with E-state index >= 15 is 0 Å². The van der Waals surface area contributed by atoms with Crippen LogP contribution < -0.4 is 10.6 Å². The summed E-state index contributed by atoms with van der Waals surface area (Å²) in [6.45, 7) is 22.0. The lowest BCUT2D eigenvalue weighted by Crippen LogP contribution is -2.48. The minimum Gasteiger partial charge on any atom is -0.481 e. The quantitative estimate of drug-likeness (QED) is 0.0802. The minimum atomic E-state index is -1.10. The molecule has 0 bridgehead atoms. The normalized spacial score (nSPS) is 12.3. The summed E-state index contributed by atoms with van der Waals surface area (Å²) in [5.41, 5.74) is 4.28. The van der Waals surface area contributed by atoms with E-state index in [1.165, 1.54) is 0 Å². The summed E-state index contributed by atoms with van der Waals surface area (Å²) in [4.78, 5) is 37.0. The van der Waals surface area contributed by atoms with E-state index < -0.39 is 24.0 Å². The molecule has 31 nitrogen and oxygen atoms in total. The summed E-state index contributed by atoms with van der Waals surface area (Å²) in [5.74, 6) is -1.78. The van der Waals surface area contributed by atoms with Gasteiger partial charge in [0.2, 0.25) is 5.91 Å². The molecule has 0 aromatic heterocycles. The summed E-state index contributed by atoms with van der Waals surface area (Å²) in [7, 11) is 1.64. The Morgan fingerprint density at radius 2 is 0.550 bits per heavy atom. The van der Waals surface area contributed by atoms with Gasteiger partial charge in [-0.1, -0.05) is 48.5 Å². The van der Waals surface area contributed by atoms with Gasteiger partial charge in [0.1, 0.15) is 12.6 Å². The van der Waals surface area contributed by atoms with Gasteiger partial charge in [-0.15, -0.1) is 0 Å². The fraction of sp³-hybridized carbons (Fsp3) is 0.783. The molecule has 0 fully saturated rings. The molecular formula is C69H118N2O29. The molecule has 31 heteroatoms. The molecule has 2 aromatic rings. The van der Waals surface area contributed by atoms with E-state index in [9.17, 15) is 19.5 Å². The Morgan fingerprint density at radius 1 is 0.330 bits per heavy atom. The average Bonchev–Trinajstić information content (AvgIpc) is 1.62. The first-order valence-corrected chi connectivity index (χ1v) is 34.9. The number of carbonyl (C=O) groups is 3. The van der Waals surface area contributed by atoms with Crippen molar-refractivity contribution < 1.29 is 138 Å². The molecule has 1 aliphatic rings. The number of rotatable bonds is 79. The van der Waals surface area contributed by atoms with Crippen molar-refractivity contribution in [1.82, 2.24) is 10.6 Å². The highest BCUT2D eigenvalue weighted by Crippen LogP contribution is 2.44. The van der Waals surface area contributed by atoms with Gasteiger partial charge in [0.15, 0.2) is 0 Å². The van der Waals surface area contributed by atoms with Crippen LogP contribution in [0.5, 0.6) is 0 Å². The number of benzene rings is 2. The molecule has 0 unspecified atom stereocenters. The molecule has 0 aliphatic heterocycles. The van der Waals surface area contributed by atoms with Crippen LogP contribution in [0.4, 0.5) is 4.79 Å². The number of carboxylic acids is 1. The zero-order chi connectivity index (χ0) is 71.0. The van der Waals surface area contributed by atoms with Gasteiger partial charge < -0.3 is 134 Å². The smallest absolute Gasteiger partial charge is 0.407 e. The third-order valence-electron chi connectivity index (χ3n) is 13.8. The third-order valence-corrected chi connectivity index (χ3v) is 13.8. The van der Waals surface area contributed by atoms with Crippen LogP contribution in [0, 0.1) is 0 Å². The van der Waals surface area contributed by atoms with E-state index in [2.05, 4.69) is 10.6 Å². The first-order chi connectivity index (χ1) is 49.5. The second-order valence-corrected chi connectivity index (χ2v) is 21.3. The number of fused-ring (bicyclic) bond motifs is 3. The predicted octanol–water partition coefficient (Wildman–Crippen LogP) is 2.90. The molecular weight excluding hydrogens is 1320 g/mol. The maximum Gasteiger partial charge on any atom is 0.407 e. The number of alkyl carbamates (subject to hydrolysis) is 1. The van der Waals surface area contributed by atoms with Gasteiger partial charge >= 0.3 is 12.1 Å². The topological polar surface area (TPSA) is 326 Å². The molecule has 0 saturated heterocycles. The molecule has 3 N–H and O–H groups in total. The second-order valence-electron chi connectivity index (χ2n) is 21.3. The van der Waals surface area contributed by atoms with E-state index in [-0.39, 0.29) is 38.5 Å². The van der Waals surface area contributed by atoms with Crippen molar-refractivity contribution in [2.75, 3.05) is 331 Å². The summed E-state index contributed by atoms with van der Waals surface area (Å²) in [6.07, 6.45) is -1.22. The van der Waals surface area contributed by atoms with E-state index in [4.69, 9.17) is 118 Å². The minimum absolute atomic E-state index is 0.0626. The zero-order valence-electron chi connectivity index (χ0n) is 59.2. The molecule has 2 amide bonds. The van der Waals surface area contributed by atoms with Gasteiger partial charge in [-0.2, -0.15) is 0 Å². The lowest BCUT2D eigenvalue weighted by atomic mass is 9.98. The number of hydrogen-bond donors (Lipinski definition) is 3. The average molecular weight is 1440 g/mol. The van der Waals surface area contributed by atoms with Crippen molar-refractivity contribution >= 4 is 18.0 Å². The van der Waals surface area contributed by atoms with Gasteiger partial charge in [0, 0.05) is 26.0 Å². The maximum absolute atomic E-state index is 12.9. The van der Waals surface area contributed by atoms with Gasteiger partial charge in [-0.25, -0.2) is 4.79 Å². The molecule has 578 valence electrons. The van der Waals surface area contributed by atoms with Crippen molar-refractivity contribution in [3.63, 3.8) is 0 Å². The summed E-state index contributed by atoms with van der Waals surface area (Å²) in [5, 5.41) is 14.4. The van der Waals surface area contributed by atoms with Gasteiger partial charge in [-0.3, -0.25) is 9.59 Å². The molecule has 0 saturated carbocycles. The Bertz CT molecular complexity index is 2100. The number of carboxylic acid groups (broad SMARTS) is 1. The number of hydrogen-bond acceptors (Lipinski definition) is 28. The van der Waals surface area contributed by atoms with Crippen LogP contribution in [0.2, 0.25) is 0 Å². The second kappa shape index (κ2) is 70.4. The fourth-order valence-electron chi connectivity index (χ4n) is 8.77. The van der Waals surface area contributed by atoms with Crippen LogP contribution in [0.1, 0.15) is 29.9 Å². The van der Waals surface area contributed by atoms with Crippen LogP contribution in [0.25, 0.3) is 11.1 Å². The molecule has 1 aliphatic carbocycles. The molecule has 2 aromatic carbocycles. The first-order valence-electron chi connectivity index (χ1n) is 34.9. The summed E-state index contributed by atoms with van der Waals surface area (Å²) in [6, 6.07) is 14.8. The molecule has 0 spiro atoms. The van der Waals surface area contributed by atoms with Crippen LogP contribution in [-0.4, -0.2) is 360 Å².